The SMILES string of the molecule is CN(CC1CCCC1O)C(=O)NCc1ccc(-n2ccnc2)c(F)c1. The Morgan fingerprint density at radius 3 is 2.96 bits per heavy atom. The van der Waals surface area contributed by atoms with Crippen molar-refractivity contribution in [3.8, 4) is 5.69 Å². The fourth-order valence-corrected chi connectivity index (χ4v) is 3.25. The van der Waals surface area contributed by atoms with Crippen molar-refractivity contribution in [3.05, 3.63) is 48.3 Å². The Morgan fingerprint density at radius 2 is 2.32 bits per heavy atom. The summed E-state index contributed by atoms with van der Waals surface area (Å²) in [6.45, 7) is 0.776. The number of aliphatic hydroxyl groups is 1. The number of halogens is 1. The topological polar surface area (TPSA) is 70.4 Å². The van der Waals surface area contributed by atoms with Gasteiger partial charge in [-0.15, -0.1) is 0 Å². The number of hydrogen-bond acceptors (Lipinski definition) is 3. The van der Waals surface area contributed by atoms with E-state index < -0.39 is 0 Å². The Bertz CT molecular complexity index is 720. The van der Waals surface area contributed by atoms with E-state index in [1.807, 2.05) is 0 Å². The van der Waals surface area contributed by atoms with Crippen molar-refractivity contribution in [2.45, 2.75) is 31.9 Å². The van der Waals surface area contributed by atoms with E-state index in [1.54, 1.807) is 41.0 Å². The molecule has 1 aliphatic carbocycles. The van der Waals surface area contributed by atoms with Gasteiger partial charge in [0.2, 0.25) is 0 Å². The maximum Gasteiger partial charge on any atom is 0.317 e. The predicted octanol–water partition coefficient (Wildman–Crippen LogP) is 2.31. The first-order valence-electron chi connectivity index (χ1n) is 8.48. The summed E-state index contributed by atoms with van der Waals surface area (Å²) in [4.78, 5) is 17.7. The average Bonchev–Trinajstić information content (AvgIpc) is 3.25. The number of benzene rings is 1. The monoisotopic (exact) mass is 346 g/mol. The number of carbonyl (C=O) groups is 1. The largest absolute Gasteiger partial charge is 0.393 e. The zero-order chi connectivity index (χ0) is 17.8. The number of rotatable bonds is 5. The number of urea groups is 1. The summed E-state index contributed by atoms with van der Waals surface area (Å²) in [5.74, 6) is -0.227. The van der Waals surface area contributed by atoms with Gasteiger partial charge in [-0.05, 0) is 30.5 Å². The van der Waals surface area contributed by atoms with Crippen molar-refractivity contribution in [2.75, 3.05) is 13.6 Å². The van der Waals surface area contributed by atoms with Crippen LogP contribution in [0.25, 0.3) is 5.69 Å². The number of aromatic nitrogens is 2. The summed E-state index contributed by atoms with van der Waals surface area (Å²) < 4.78 is 15.8. The molecule has 7 heteroatoms. The van der Waals surface area contributed by atoms with Crippen molar-refractivity contribution in [2.24, 2.45) is 5.92 Å². The molecule has 3 rings (SSSR count). The molecule has 0 bridgehead atoms. The van der Waals surface area contributed by atoms with E-state index in [9.17, 15) is 14.3 Å². The summed E-state index contributed by atoms with van der Waals surface area (Å²) in [5, 5.41) is 12.6. The lowest BCUT2D eigenvalue weighted by atomic mass is 10.1. The molecule has 2 unspecified atom stereocenters. The van der Waals surface area contributed by atoms with Crippen molar-refractivity contribution in [1.82, 2.24) is 19.8 Å². The molecular weight excluding hydrogens is 323 g/mol. The normalized spacial score (nSPS) is 19.8. The minimum Gasteiger partial charge on any atom is -0.393 e. The average molecular weight is 346 g/mol. The van der Waals surface area contributed by atoms with E-state index in [1.165, 1.54) is 12.4 Å². The quantitative estimate of drug-likeness (QED) is 0.873. The lowest BCUT2D eigenvalue weighted by molar-refractivity contribution is 0.114. The van der Waals surface area contributed by atoms with Gasteiger partial charge in [-0.2, -0.15) is 0 Å². The molecule has 25 heavy (non-hydrogen) atoms. The molecule has 0 aliphatic heterocycles. The summed E-state index contributed by atoms with van der Waals surface area (Å²) in [6, 6.07) is 4.63. The second-order valence-electron chi connectivity index (χ2n) is 6.55. The molecule has 1 aliphatic rings. The number of amides is 2. The highest BCUT2D eigenvalue weighted by atomic mass is 19.1. The van der Waals surface area contributed by atoms with Gasteiger partial charge in [0.25, 0.3) is 0 Å². The van der Waals surface area contributed by atoms with Gasteiger partial charge in [-0.25, -0.2) is 14.2 Å². The molecule has 134 valence electrons. The van der Waals surface area contributed by atoms with Crippen LogP contribution in [0.4, 0.5) is 9.18 Å². The Labute approximate surface area is 146 Å². The van der Waals surface area contributed by atoms with Crippen LogP contribution in [0.1, 0.15) is 24.8 Å². The van der Waals surface area contributed by atoms with Gasteiger partial charge in [0.15, 0.2) is 0 Å². The van der Waals surface area contributed by atoms with E-state index in [0.29, 0.717) is 17.8 Å². The minimum atomic E-state index is -0.368. The smallest absolute Gasteiger partial charge is 0.317 e. The van der Waals surface area contributed by atoms with Gasteiger partial charge in [0.05, 0.1) is 18.1 Å². The third kappa shape index (κ3) is 4.17. The van der Waals surface area contributed by atoms with Gasteiger partial charge in [0.1, 0.15) is 5.82 Å². The summed E-state index contributed by atoms with van der Waals surface area (Å²) >= 11 is 0. The van der Waals surface area contributed by atoms with Crippen LogP contribution in [0.5, 0.6) is 0 Å². The van der Waals surface area contributed by atoms with Crippen LogP contribution in [-0.2, 0) is 6.54 Å². The van der Waals surface area contributed by atoms with Gasteiger partial charge >= 0.3 is 6.03 Å². The fourth-order valence-electron chi connectivity index (χ4n) is 3.25. The lowest BCUT2D eigenvalue weighted by Crippen LogP contribution is -2.40. The minimum absolute atomic E-state index is 0.141. The zero-order valence-electron chi connectivity index (χ0n) is 14.2. The standard InChI is InChI=1S/C18H23FN4O2/c1-22(11-14-3-2-4-17(14)24)18(25)21-10-13-5-6-16(15(19)9-13)23-8-7-20-12-23/h5-9,12,14,17,24H,2-4,10-11H2,1H3,(H,21,25). The van der Waals surface area contributed by atoms with Crippen LogP contribution in [0.15, 0.2) is 36.9 Å². The number of carbonyl (C=O) groups excluding carboxylic acids is 1. The Kier molecular flexibility index (Phi) is 5.33. The number of imidazole rings is 1. The van der Waals surface area contributed by atoms with E-state index in [4.69, 9.17) is 0 Å². The third-order valence-electron chi connectivity index (χ3n) is 4.71. The van der Waals surface area contributed by atoms with E-state index >= 15 is 0 Å². The van der Waals surface area contributed by atoms with Crippen molar-refractivity contribution < 1.29 is 14.3 Å². The number of hydrogen-bond donors (Lipinski definition) is 2. The predicted molar refractivity (Wildman–Crippen MR) is 91.7 cm³/mol. The lowest BCUT2D eigenvalue weighted by Gasteiger charge is -2.23. The van der Waals surface area contributed by atoms with E-state index in [0.717, 1.165) is 19.3 Å². The Morgan fingerprint density at radius 1 is 1.48 bits per heavy atom. The molecule has 0 saturated heterocycles. The molecule has 1 saturated carbocycles. The molecule has 0 spiro atoms. The maximum atomic E-state index is 14.2. The molecule has 6 nitrogen and oxygen atoms in total. The molecule has 1 fully saturated rings. The first-order chi connectivity index (χ1) is 12.0. The van der Waals surface area contributed by atoms with Crippen LogP contribution >= 0.6 is 0 Å². The number of nitrogens with one attached hydrogen (secondary N) is 1. The first-order valence-corrected chi connectivity index (χ1v) is 8.48. The summed E-state index contributed by atoms with van der Waals surface area (Å²) in [6.07, 6.45) is 7.23. The molecule has 2 atom stereocenters. The molecule has 1 aromatic heterocycles. The molecule has 2 N–H and O–H groups in total. The van der Waals surface area contributed by atoms with Crippen LogP contribution < -0.4 is 5.32 Å². The molecular formula is C18H23FN4O2. The molecule has 2 aromatic rings. The maximum absolute atomic E-state index is 14.2. The second kappa shape index (κ2) is 7.65. The summed E-state index contributed by atoms with van der Waals surface area (Å²) in [7, 11) is 1.71. The van der Waals surface area contributed by atoms with E-state index in [2.05, 4.69) is 10.3 Å². The van der Waals surface area contributed by atoms with Crippen molar-refractivity contribution >= 4 is 6.03 Å². The fraction of sp³-hybridized carbons (Fsp3) is 0.444. The second-order valence-corrected chi connectivity index (χ2v) is 6.55. The van der Waals surface area contributed by atoms with Gasteiger partial charge in [-0.3, -0.25) is 0 Å². The van der Waals surface area contributed by atoms with Gasteiger partial charge in [0, 0.05) is 38.4 Å². The molecule has 1 aromatic carbocycles. The number of aliphatic hydroxyl groups excluding tert-OH is 1. The molecule has 1 heterocycles. The molecule has 2 amide bonds. The van der Waals surface area contributed by atoms with Crippen molar-refractivity contribution in [1.29, 1.82) is 0 Å². The van der Waals surface area contributed by atoms with Crippen LogP contribution in [0.2, 0.25) is 0 Å². The van der Waals surface area contributed by atoms with Gasteiger partial charge in [-0.1, -0.05) is 12.5 Å². The molecule has 0 radical (unpaired) electrons. The third-order valence-corrected chi connectivity index (χ3v) is 4.71. The van der Waals surface area contributed by atoms with Crippen LogP contribution in [0, 0.1) is 11.7 Å². The Balaban J connectivity index is 1.54. The van der Waals surface area contributed by atoms with Crippen molar-refractivity contribution in [3.63, 3.8) is 0 Å². The summed E-state index contributed by atoms with van der Waals surface area (Å²) in [5.41, 5.74) is 1.10. The first kappa shape index (κ1) is 17.4. The van der Waals surface area contributed by atoms with E-state index in [-0.39, 0.29) is 30.4 Å². The highest BCUT2D eigenvalue weighted by Crippen LogP contribution is 2.26. The van der Waals surface area contributed by atoms with Crippen LogP contribution in [0.3, 0.4) is 0 Å². The highest BCUT2D eigenvalue weighted by Gasteiger charge is 2.27. The zero-order valence-corrected chi connectivity index (χ0v) is 14.2. The highest BCUT2D eigenvalue weighted by molar-refractivity contribution is 5.73. The Hall–Kier alpha value is -2.41. The number of nitrogens with zero attached hydrogens (tertiary/aromatic N) is 3. The van der Waals surface area contributed by atoms with Gasteiger partial charge < -0.3 is 19.9 Å². The van der Waals surface area contributed by atoms with Crippen LogP contribution in [-0.4, -0.2) is 45.3 Å².